The maximum atomic E-state index is 12.9. The van der Waals surface area contributed by atoms with Crippen LogP contribution in [-0.4, -0.2) is 20.9 Å². The maximum absolute atomic E-state index is 12.9. The molecule has 3 rings (SSSR count). The summed E-state index contributed by atoms with van der Waals surface area (Å²) in [5.41, 5.74) is -5.49. The van der Waals surface area contributed by atoms with E-state index in [1.54, 1.807) is 0 Å². The number of carbonyl (C=O) groups excluding carboxylic acids is 1. The summed E-state index contributed by atoms with van der Waals surface area (Å²) in [5.74, 6) is -1.23. The molecule has 6 nitrogen and oxygen atoms in total. The minimum Gasteiger partial charge on any atom is -0.484 e. The number of rotatable bonds is 7. The zero-order valence-electron chi connectivity index (χ0n) is 19.0. The minimum atomic E-state index is -5.12. The predicted octanol–water partition coefficient (Wildman–Crippen LogP) is 6.56. The van der Waals surface area contributed by atoms with Crippen LogP contribution in [0, 0.1) is 0 Å². The lowest BCUT2D eigenvalue weighted by Crippen LogP contribution is -2.21. The van der Waals surface area contributed by atoms with Crippen LogP contribution in [-0.2, 0) is 33.3 Å². The smallest absolute Gasteiger partial charge is 0.416 e. The van der Waals surface area contributed by atoms with Crippen LogP contribution in [0.25, 0.3) is 0 Å². The molecular formula is C23H15F9N2O4S. The van der Waals surface area contributed by atoms with E-state index in [2.05, 4.69) is 0 Å². The fraction of sp³-hybridized carbons (Fsp3) is 0.174. The quantitative estimate of drug-likeness (QED) is 0.307. The van der Waals surface area contributed by atoms with E-state index in [9.17, 15) is 52.7 Å². The highest BCUT2D eigenvalue weighted by Crippen LogP contribution is 2.37. The van der Waals surface area contributed by atoms with Crippen LogP contribution >= 0.6 is 0 Å². The van der Waals surface area contributed by atoms with Gasteiger partial charge in [-0.25, -0.2) is 8.42 Å². The molecule has 0 atom stereocenters. The SMILES string of the molecule is O=C(COc1ccc(S(=O)(=O)Nc2cccc(C(F)(F)F)c2)cc1)Nc1cc(C(F)(F)F)cc(C(F)(F)F)c1. The Morgan fingerprint density at radius 1 is 0.692 bits per heavy atom. The van der Waals surface area contributed by atoms with Crippen LogP contribution in [0.1, 0.15) is 16.7 Å². The summed E-state index contributed by atoms with van der Waals surface area (Å²) >= 11 is 0. The molecule has 3 aromatic rings. The Bertz CT molecular complexity index is 1420. The molecule has 0 heterocycles. The second-order valence-corrected chi connectivity index (χ2v) is 9.47. The first-order valence-corrected chi connectivity index (χ1v) is 11.9. The monoisotopic (exact) mass is 586 g/mol. The molecule has 210 valence electrons. The first-order chi connectivity index (χ1) is 17.8. The van der Waals surface area contributed by atoms with E-state index in [0.717, 1.165) is 42.5 Å². The van der Waals surface area contributed by atoms with E-state index >= 15 is 0 Å². The van der Waals surface area contributed by atoms with Crippen LogP contribution in [0.3, 0.4) is 0 Å². The van der Waals surface area contributed by atoms with Gasteiger partial charge in [0.1, 0.15) is 5.75 Å². The summed E-state index contributed by atoms with van der Waals surface area (Å²) in [6.07, 6.45) is -14.9. The highest BCUT2D eigenvalue weighted by molar-refractivity contribution is 7.92. The van der Waals surface area contributed by atoms with Crippen molar-refractivity contribution in [2.75, 3.05) is 16.6 Å². The molecule has 0 aliphatic heterocycles. The molecule has 0 aliphatic carbocycles. The van der Waals surface area contributed by atoms with Crippen molar-refractivity contribution < 1.29 is 57.5 Å². The number of nitrogens with one attached hydrogen (secondary N) is 2. The molecule has 39 heavy (non-hydrogen) atoms. The Kier molecular flexibility index (Phi) is 8.10. The number of anilines is 2. The van der Waals surface area contributed by atoms with Crippen molar-refractivity contribution in [2.24, 2.45) is 0 Å². The van der Waals surface area contributed by atoms with Gasteiger partial charge in [0.2, 0.25) is 0 Å². The highest BCUT2D eigenvalue weighted by Gasteiger charge is 2.37. The molecule has 1 amide bonds. The average molecular weight is 586 g/mol. The average Bonchev–Trinajstić information content (AvgIpc) is 2.81. The van der Waals surface area contributed by atoms with Crippen molar-refractivity contribution in [3.05, 3.63) is 83.4 Å². The van der Waals surface area contributed by atoms with E-state index in [1.165, 1.54) is 0 Å². The van der Waals surface area contributed by atoms with Gasteiger partial charge in [0.05, 0.1) is 21.6 Å². The molecule has 0 aliphatic rings. The van der Waals surface area contributed by atoms with Gasteiger partial charge in [-0.3, -0.25) is 9.52 Å². The van der Waals surface area contributed by atoms with E-state index < -0.39 is 63.4 Å². The number of sulfonamides is 1. The predicted molar refractivity (Wildman–Crippen MR) is 119 cm³/mol. The summed E-state index contributed by atoms with van der Waals surface area (Å²) in [7, 11) is -4.33. The van der Waals surface area contributed by atoms with Crippen molar-refractivity contribution in [2.45, 2.75) is 23.4 Å². The van der Waals surface area contributed by atoms with Crippen molar-refractivity contribution in [3.8, 4) is 5.75 Å². The van der Waals surface area contributed by atoms with Gasteiger partial charge in [0, 0.05) is 11.4 Å². The minimum absolute atomic E-state index is 0.107. The lowest BCUT2D eigenvalue weighted by atomic mass is 10.1. The summed E-state index contributed by atoms with van der Waals surface area (Å²) in [5, 5.41) is 1.87. The number of carbonyl (C=O) groups is 1. The maximum Gasteiger partial charge on any atom is 0.416 e. The molecule has 3 aromatic carbocycles. The molecule has 0 bridgehead atoms. The third kappa shape index (κ3) is 8.02. The third-order valence-corrected chi connectivity index (χ3v) is 6.21. The second-order valence-electron chi connectivity index (χ2n) is 7.79. The van der Waals surface area contributed by atoms with Crippen molar-refractivity contribution in [1.29, 1.82) is 0 Å². The van der Waals surface area contributed by atoms with Gasteiger partial charge in [-0.1, -0.05) is 6.07 Å². The van der Waals surface area contributed by atoms with Gasteiger partial charge in [-0.05, 0) is 60.7 Å². The third-order valence-electron chi connectivity index (χ3n) is 4.82. The topological polar surface area (TPSA) is 84.5 Å². The van der Waals surface area contributed by atoms with Crippen LogP contribution in [0.15, 0.2) is 71.6 Å². The summed E-state index contributed by atoms with van der Waals surface area (Å²) in [4.78, 5) is 11.7. The Morgan fingerprint density at radius 3 is 1.72 bits per heavy atom. The zero-order valence-corrected chi connectivity index (χ0v) is 19.8. The second kappa shape index (κ2) is 10.7. The first-order valence-electron chi connectivity index (χ1n) is 10.4. The number of alkyl halides is 9. The van der Waals surface area contributed by atoms with E-state index in [0.29, 0.717) is 18.2 Å². The molecule has 0 saturated heterocycles. The molecule has 0 aromatic heterocycles. The van der Waals surface area contributed by atoms with Crippen LogP contribution < -0.4 is 14.8 Å². The molecular weight excluding hydrogens is 571 g/mol. The fourth-order valence-electron chi connectivity index (χ4n) is 3.06. The highest BCUT2D eigenvalue weighted by atomic mass is 32.2. The van der Waals surface area contributed by atoms with Crippen LogP contribution in [0.5, 0.6) is 5.75 Å². The fourth-order valence-corrected chi connectivity index (χ4v) is 4.11. The van der Waals surface area contributed by atoms with Gasteiger partial charge in [0.25, 0.3) is 15.9 Å². The standard InChI is InChI=1S/C23H15F9N2O4S/c24-21(25,26)13-2-1-3-16(9-13)34-39(36,37)19-6-4-18(5-7-19)38-12-20(35)33-17-10-14(22(27,28)29)8-15(11-17)23(30,31)32/h1-11,34H,12H2,(H,33,35). The Hall–Kier alpha value is -3.95. The lowest BCUT2D eigenvalue weighted by Gasteiger charge is -2.15. The number of ether oxygens (including phenoxy) is 1. The van der Waals surface area contributed by atoms with E-state index in [1.807, 2.05) is 10.0 Å². The number of hydrogen-bond acceptors (Lipinski definition) is 4. The normalized spacial score (nSPS) is 12.6. The molecule has 2 N–H and O–H groups in total. The lowest BCUT2D eigenvalue weighted by molar-refractivity contribution is -0.143. The number of amides is 1. The van der Waals surface area contributed by atoms with E-state index in [4.69, 9.17) is 4.74 Å². The van der Waals surface area contributed by atoms with Crippen molar-refractivity contribution in [3.63, 3.8) is 0 Å². The zero-order chi connectivity index (χ0) is 29.2. The van der Waals surface area contributed by atoms with Crippen LogP contribution in [0.2, 0.25) is 0 Å². The Labute approximate surface area is 214 Å². The van der Waals surface area contributed by atoms with E-state index in [-0.39, 0.29) is 22.4 Å². The largest absolute Gasteiger partial charge is 0.484 e. The Morgan fingerprint density at radius 2 is 1.21 bits per heavy atom. The molecule has 16 heteroatoms. The van der Waals surface area contributed by atoms with Gasteiger partial charge >= 0.3 is 18.5 Å². The first kappa shape index (κ1) is 29.6. The van der Waals surface area contributed by atoms with Gasteiger partial charge < -0.3 is 10.1 Å². The van der Waals surface area contributed by atoms with Crippen molar-refractivity contribution in [1.82, 2.24) is 0 Å². The summed E-state index contributed by atoms with van der Waals surface area (Å²) in [6, 6.07) is 8.09. The van der Waals surface area contributed by atoms with Gasteiger partial charge in [0.15, 0.2) is 6.61 Å². The number of halogens is 9. The molecule has 0 radical (unpaired) electrons. The van der Waals surface area contributed by atoms with Crippen molar-refractivity contribution >= 4 is 27.3 Å². The van der Waals surface area contributed by atoms with Crippen LogP contribution in [0.4, 0.5) is 50.9 Å². The van der Waals surface area contributed by atoms with Gasteiger partial charge in [-0.15, -0.1) is 0 Å². The molecule has 0 saturated carbocycles. The number of hydrogen-bond donors (Lipinski definition) is 2. The molecule has 0 spiro atoms. The molecule has 0 fully saturated rings. The summed E-state index contributed by atoms with van der Waals surface area (Å²) in [6.45, 7) is -0.869. The molecule has 0 unspecified atom stereocenters. The Balaban J connectivity index is 1.66. The summed E-state index contributed by atoms with van der Waals surface area (Å²) < 4.78 is 148. The van der Waals surface area contributed by atoms with Gasteiger partial charge in [-0.2, -0.15) is 39.5 Å². The number of benzene rings is 3.